The highest BCUT2D eigenvalue weighted by molar-refractivity contribution is 5.75. The SMILES string of the molecule is O=C(NCC1CCN(C(=O)NCc2ccccc2)C1)NC12CC3CC(CC(C3)C1)C2. The molecule has 1 unspecified atom stereocenters. The largest absolute Gasteiger partial charge is 0.338 e. The van der Waals surface area contributed by atoms with Gasteiger partial charge in [0.2, 0.25) is 0 Å². The van der Waals surface area contributed by atoms with Crippen LogP contribution < -0.4 is 16.0 Å². The Hall–Kier alpha value is -2.24. The van der Waals surface area contributed by atoms with Crippen LogP contribution in [0.4, 0.5) is 9.59 Å². The van der Waals surface area contributed by atoms with Crippen LogP contribution in [-0.4, -0.2) is 42.1 Å². The van der Waals surface area contributed by atoms with Gasteiger partial charge in [0.15, 0.2) is 0 Å². The third kappa shape index (κ3) is 4.28. The second kappa shape index (κ2) is 8.12. The molecule has 1 heterocycles. The van der Waals surface area contributed by atoms with E-state index in [1.807, 2.05) is 35.2 Å². The number of carbonyl (C=O) groups is 2. The first kappa shape index (κ1) is 19.7. The summed E-state index contributed by atoms with van der Waals surface area (Å²) in [6.45, 7) is 2.65. The smallest absolute Gasteiger partial charge is 0.317 e. The van der Waals surface area contributed by atoms with Crippen molar-refractivity contribution in [2.45, 2.75) is 57.0 Å². The van der Waals surface area contributed by atoms with Gasteiger partial charge in [0.25, 0.3) is 0 Å². The van der Waals surface area contributed by atoms with Gasteiger partial charge in [-0.2, -0.15) is 0 Å². The lowest BCUT2D eigenvalue weighted by Gasteiger charge is -2.56. The van der Waals surface area contributed by atoms with Crippen molar-refractivity contribution in [3.63, 3.8) is 0 Å². The van der Waals surface area contributed by atoms with Gasteiger partial charge in [0.05, 0.1) is 0 Å². The summed E-state index contributed by atoms with van der Waals surface area (Å²) in [5.74, 6) is 2.81. The fraction of sp³-hybridized carbons (Fsp3) is 0.667. The van der Waals surface area contributed by atoms with Crippen LogP contribution in [-0.2, 0) is 6.54 Å². The van der Waals surface area contributed by atoms with E-state index in [9.17, 15) is 9.59 Å². The molecule has 4 aliphatic carbocycles. The fourth-order valence-electron chi connectivity index (χ4n) is 6.85. The fourth-order valence-corrected chi connectivity index (χ4v) is 6.85. The van der Waals surface area contributed by atoms with E-state index in [0.29, 0.717) is 25.6 Å². The molecule has 6 heteroatoms. The Balaban J connectivity index is 1.04. The molecule has 0 spiro atoms. The zero-order chi connectivity index (χ0) is 20.6. The van der Waals surface area contributed by atoms with Crippen LogP contribution in [0.2, 0.25) is 0 Å². The van der Waals surface area contributed by atoms with Crippen molar-refractivity contribution < 1.29 is 9.59 Å². The summed E-state index contributed by atoms with van der Waals surface area (Å²) in [4.78, 5) is 26.9. The molecule has 162 valence electrons. The van der Waals surface area contributed by atoms with Crippen molar-refractivity contribution >= 4 is 12.1 Å². The normalized spacial score (nSPS) is 34.1. The topological polar surface area (TPSA) is 73.5 Å². The summed E-state index contributed by atoms with van der Waals surface area (Å²) < 4.78 is 0. The minimum absolute atomic E-state index is 0.0103. The molecule has 0 radical (unpaired) electrons. The number of rotatable bonds is 5. The molecule has 30 heavy (non-hydrogen) atoms. The molecule has 1 aromatic carbocycles. The predicted octanol–water partition coefficient (Wildman–Crippen LogP) is 3.49. The number of amides is 4. The van der Waals surface area contributed by atoms with Gasteiger partial charge in [0.1, 0.15) is 0 Å². The van der Waals surface area contributed by atoms with Crippen LogP contribution in [0.25, 0.3) is 0 Å². The maximum absolute atomic E-state index is 12.6. The molecule has 6 rings (SSSR count). The second-order valence-electron chi connectivity index (χ2n) is 10.3. The van der Waals surface area contributed by atoms with Crippen molar-refractivity contribution in [1.82, 2.24) is 20.9 Å². The van der Waals surface area contributed by atoms with E-state index in [4.69, 9.17) is 0 Å². The van der Waals surface area contributed by atoms with Crippen molar-refractivity contribution in [3.8, 4) is 0 Å². The van der Waals surface area contributed by atoms with Crippen LogP contribution in [0.15, 0.2) is 30.3 Å². The van der Waals surface area contributed by atoms with Crippen LogP contribution >= 0.6 is 0 Å². The molecule has 1 atom stereocenters. The number of nitrogens with zero attached hydrogens (tertiary/aromatic N) is 1. The molecule has 6 nitrogen and oxygen atoms in total. The average molecular weight is 411 g/mol. The number of urea groups is 2. The predicted molar refractivity (Wildman–Crippen MR) is 116 cm³/mol. The lowest BCUT2D eigenvalue weighted by Crippen LogP contribution is -2.61. The van der Waals surface area contributed by atoms with Crippen molar-refractivity contribution in [2.75, 3.05) is 19.6 Å². The van der Waals surface area contributed by atoms with Crippen molar-refractivity contribution in [3.05, 3.63) is 35.9 Å². The Morgan fingerprint density at radius 2 is 1.63 bits per heavy atom. The lowest BCUT2D eigenvalue weighted by molar-refractivity contribution is -0.0135. The molecule has 1 saturated heterocycles. The van der Waals surface area contributed by atoms with E-state index >= 15 is 0 Å². The van der Waals surface area contributed by atoms with Crippen molar-refractivity contribution in [1.29, 1.82) is 0 Å². The number of benzene rings is 1. The van der Waals surface area contributed by atoms with Gasteiger partial charge in [-0.1, -0.05) is 30.3 Å². The first-order chi connectivity index (χ1) is 14.6. The van der Waals surface area contributed by atoms with Gasteiger partial charge in [-0.25, -0.2) is 9.59 Å². The highest BCUT2D eigenvalue weighted by atomic mass is 16.2. The average Bonchev–Trinajstić information content (AvgIpc) is 3.19. The van der Waals surface area contributed by atoms with Gasteiger partial charge in [0, 0.05) is 31.7 Å². The van der Waals surface area contributed by atoms with Crippen LogP contribution in [0, 0.1) is 23.7 Å². The van der Waals surface area contributed by atoms with E-state index in [1.165, 1.54) is 38.5 Å². The first-order valence-electron chi connectivity index (χ1n) is 11.7. The maximum Gasteiger partial charge on any atom is 0.317 e. The van der Waals surface area contributed by atoms with E-state index in [-0.39, 0.29) is 17.6 Å². The summed E-state index contributed by atoms with van der Waals surface area (Å²) in [5.41, 5.74) is 1.15. The Labute approximate surface area is 179 Å². The van der Waals surface area contributed by atoms with Gasteiger partial charge >= 0.3 is 12.1 Å². The molecule has 1 aliphatic heterocycles. The molecule has 5 aliphatic rings. The standard InChI is InChI=1S/C24H34N4O2/c29-22(27-24-11-19-8-20(12-24)10-21(9-19)13-24)25-15-18-6-7-28(16-18)23(30)26-14-17-4-2-1-3-5-17/h1-5,18-21H,6-16H2,(H,26,30)(H2,25,27,29). The number of hydrogen-bond acceptors (Lipinski definition) is 2. The lowest BCUT2D eigenvalue weighted by atomic mass is 9.53. The Kier molecular flexibility index (Phi) is 5.34. The third-order valence-corrected chi connectivity index (χ3v) is 7.83. The molecule has 0 aromatic heterocycles. The number of carbonyl (C=O) groups excluding carboxylic acids is 2. The second-order valence-corrected chi connectivity index (χ2v) is 10.3. The molecule has 3 N–H and O–H groups in total. The molecule has 4 amide bonds. The highest BCUT2D eigenvalue weighted by Gasteiger charge is 2.51. The molecular weight excluding hydrogens is 376 g/mol. The number of likely N-dealkylation sites (tertiary alicyclic amines) is 1. The third-order valence-electron chi connectivity index (χ3n) is 7.83. The van der Waals surface area contributed by atoms with Gasteiger partial charge in [-0.3, -0.25) is 0 Å². The summed E-state index contributed by atoms with van der Waals surface area (Å²) in [7, 11) is 0. The van der Waals surface area contributed by atoms with Gasteiger partial charge in [-0.05, 0) is 74.2 Å². The van der Waals surface area contributed by atoms with E-state index in [1.54, 1.807) is 0 Å². The number of hydrogen-bond donors (Lipinski definition) is 3. The van der Waals surface area contributed by atoms with Crippen molar-refractivity contribution in [2.24, 2.45) is 23.7 Å². The molecule has 4 bridgehead atoms. The van der Waals surface area contributed by atoms with E-state index < -0.39 is 0 Å². The van der Waals surface area contributed by atoms with Crippen LogP contribution in [0.5, 0.6) is 0 Å². The maximum atomic E-state index is 12.6. The minimum Gasteiger partial charge on any atom is -0.338 e. The summed E-state index contributed by atoms with van der Waals surface area (Å²) in [6, 6.07) is 9.94. The molecule has 4 saturated carbocycles. The Morgan fingerprint density at radius 1 is 0.967 bits per heavy atom. The van der Waals surface area contributed by atoms with Crippen LogP contribution in [0.1, 0.15) is 50.5 Å². The zero-order valence-corrected chi connectivity index (χ0v) is 17.7. The minimum atomic E-state index is -0.0145. The Bertz CT molecular complexity index is 745. The summed E-state index contributed by atoms with van der Waals surface area (Å²) >= 11 is 0. The molecule has 5 fully saturated rings. The van der Waals surface area contributed by atoms with Crippen LogP contribution in [0.3, 0.4) is 0 Å². The van der Waals surface area contributed by atoms with E-state index in [2.05, 4.69) is 16.0 Å². The number of nitrogens with one attached hydrogen (secondary N) is 3. The molecular formula is C24H34N4O2. The first-order valence-corrected chi connectivity index (χ1v) is 11.7. The zero-order valence-electron chi connectivity index (χ0n) is 17.7. The van der Waals surface area contributed by atoms with E-state index in [0.717, 1.165) is 36.3 Å². The summed E-state index contributed by atoms with van der Waals surface area (Å²) in [6.07, 6.45) is 8.60. The molecule has 1 aromatic rings. The summed E-state index contributed by atoms with van der Waals surface area (Å²) in [5, 5.41) is 9.49. The highest BCUT2D eigenvalue weighted by Crippen LogP contribution is 2.55. The Morgan fingerprint density at radius 3 is 2.30 bits per heavy atom. The monoisotopic (exact) mass is 410 g/mol. The quantitative estimate of drug-likeness (QED) is 0.695. The van der Waals surface area contributed by atoms with Gasteiger partial charge < -0.3 is 20.9 Å². The van der Waals surface area contributed by atoms with Gasteiger partial charge in [-0.15, -0.1) is 0 Å².